The third-order valence-corrected chi connectivity index (χ3v) is 7.01. The predicted octanol–water partition coefficient (Wildman–Crippen LogP) is 3.74. The Morgan fingerprint density at radius 2 is 1.87 bits per heavy atom. The number of benzene rings is 1. The summed E-state index contributed by atoms with van der Waals surface area (Å²) in [5, 5.41) is 0. The van der Waals surface area contributed by atoms with Crippen LogP contribution in [0.4, 0.5) is 0 Å². The summed E-state index contributed by atoms with van der Waals surface area (Å²) in [6, 6.07) is 10.1. The van der Waals surface area contributed by atoms with E-state index >= 15 is 0 Å². The van der Waals surface area contributed by atoms with Crippen LogP contribution in [0.5, 0.6) is 0 Å². The SMILES string of the molecule is CC1(C)CC(C(=O)N2CCC3(CC2)OCCc2cnc(-c4ccccc4)nc23)CCO1. The number of nitrogens with zero attached hydrogens (tertiary/aromatic N) is 3. The Morgan fingerprint density at radius 1 is 1.10 bits per heavy atom. The third-order valence-electron chi connectivity index (χ3n) is 7.01. The van der Waals surface area contributed by atoms with Crippen LogP contribution in [0.1, 0.15) is 50.8 Å². The van der Waals surface area contributed by atoms with E-state index < -0.39 is 5.60 Å². The van der Waals surface area contributed by atoms with Crippen LogP contribution in [0.3, 0.4) is 0 Å². The topological polar surface area (TPSA) is 64.6 Å². The molecule has 1 aromatic heterocycles. The van der Waals surface area contributed by atoms with E-state index in [2.05, 4.69) is 18.8 Å². The summed E-state index contributed by atoms with van der Waals surface area (Å²) in [6.45, 7) is 6.92. The molecule has 0 bridgehead atoms. The van der Waals surface area contributed by atoms with Crippen molar-refractivity contribution in [3.8, 4) is 11.4 Å². The molecule has 0 radical (unpaired) electrons. The standard InChI is InChI=1S/C25H31N3O3/c1-24(2)16-19(8-14-30-24)23(29)28-12-10-25(11-13-28)21-20(9-15-31-25)17-26-22(27-21)18-6-4-3-5-7-18/h3-7,17,19H,8-16H2,1-2H3. The smallest absolute Gasteiger partial charge is 0.225 e. The van der Waals surface area contributed by atoms with Gasteiger partial charge in [0.05, 0.1) is 17.9 Å². The van der Waals surface area contributed by atoms with Gasteiger partial charge in [0.25, 0.3) is 0 Å². The molecule has 0 N–H and O–H groups in total. The van der Waals surface area contributed by atoms with Gasteiger partial charge in [-0.1, -0.05) is 30.3 Å². The fourth-order valence-corrected chi connectivity index (χ4v) is 5.31. The lowest BCUT2D eigenvalue weighted by atomic mass is 9.82. The van der Waals surface area contributed by atoms with E-state index in [9.17, 15) is 4.79 Å². The highest BCUT2D eigenvalue weighted by Crippen LogP contribution is 2.41. The molecular formula is C25H31N3O3. The number of hydrogen-bond donors (Lipinski definition) is 0. The van der Waals surface area contributed by atoms with Crippen LogP contribution in [-0.4, -0.2) is 52.7 Å². The third kappa shape index (κ3) is 3.99. The minimum atomic E-state index is -0.411. The van der Waals surface area contributed by atoms with Crippen molar-refractivity contribution in [2.75, 3.05) is 26.3 Å². The summed E-state index contributed by atoms with van der Waals surface area (Å²) in [6.07, 6.45) is 5.98. The van der Waals surface area contributed by atoms with Crippen molar-refractivity contribution in [2.45, 2.75) is 57.2 Å². The highest BCUT2D eigenvalue weighted by molar-refractivity contribution is 5.79. The summed E-state index contributed by atoms with van der Waals surface area (Å²) < 4.78 is 12.2. The van der Waals surface area contributed by atoms with Crippen LogP contribution in [0.2, 0.25) is 0 Å². The van der Waals surface area contributed by atoms with E-state index in [0.29, 0.717) is 26.3 Å². The summed E-state index contributed by atoms with van der Waals surface area (Å²) >= 11 is 0. The molecule has 164 valence electrons. The predicted molar refractivity (Wildman–Crippen MR) is 117 cm³/mol. The second kappa shape index (κ2) is 7.99. The number of fused-ring (bicyclic) bond motifs is 2. The molecule has 2 saturated heterocycles. The number of hydrogen-bond acceptors (Lipinski definition) is 5. The van der Waals surface area contributed by atoms with Crippen LogP contribution >= 0.6 is 0 Å². The van der Waals surface area contributed by atoms with Gasteiger partial charge in [-0.15, -0.1) is 0 Å². The molecule has 6 heteroatoms. The lowest BCUT2D eigenvalue weighted by Gasteiger charge is -2.45. The molecule has 1 spiro atoms. The van der Waals surface area contributed by atoms with Crippen LogP contribution in [0.25, 0.3) is 11.4 Å². The van der Waals surface area contributed by atoms with E-state index in [4.69, 9.17) is 14.5 Å². The quantitative estimate of drug-likeness (QED) is 0.739. The van der Waals surface area contributed by atoms with Gasteiger partial charge in [0.2, 0.25) is 5.91 Å². The molecule has 1 unspecified atom stereocenters. The Morgan fingerprint density at radius 3 is 2.61 bits per heavy atom. The number of rotatable bonds is 2. The minimum absolute atomic E-state index is 0.0596. The maximum atomic E-state index is 13.2. The zero-order valence-electron chi connectivity index (χ0n) is 18.5. The van der Waals surface area contributed by atoms with Crippen LogP contribution in [0, 0.1) is 5.92 Å². The minimum Gasteiger partial charge on any atom is -0.376 e. The Kier molecular flexibility index (Phi) is 5.30. The van der Waals surface area contributed by atoms with Crippen molar-refractivity contribution in [3.05, 3.63) is 47.8 Å². The summed E-state index contributed by atoms with van der Waals surface area (Å²) in [5.74, 6) is 1.08. The van der Waals surface area contributed by atoms with E-state index in [1.54, 1.807) is 0 Å². The molecule has 0 saturated carbocycles. The van der Waals surface area contributed by atoms with Gasteiger partial charge in [-0.2, -0.15) is 0 Å². The van der Waals surface area contributed by atoms with Crippen molar-refractivity contribution < 1.29 is 14.3 Å². The average Bonchev–Trinajstić information content (AvgIpc) is 2.79. The number of carbonyl (C=O) groups is 1. The molecular weight excluding hydrogens is 390 g/mol. The Hall–Kier alpha value is -2.31. The zero-order valence-corrected chi connectivity index (χ0v) is 18.5. The molecule has 31 heavy (non-hydrogen) atoms. The zero-order chi connectivity index (χ0) is 21.5. The summed E-state index contributed by atoms with van der Waals surface area (Å²) in [7, 11) is 0. The second-order valence-electron chi connectivity index (χ2n) is 9.65. The Labute approximate surface area is 184 Å². The van der Waals surface area contributed by atoms with Gasteiger partial charge in [-0.3, -0.25) is 4.79 Å². The molecule has 4 heterocycles. The molecule has 1 amide bonds. The van der Waals surface area contributed by atoms with Crippen molar-refractivity contribution in [2.24, 2.45) is 5.92 Å². The highest BCUT2D eigenvalue weighted by Gasteiger charge is 2.44. The summed E-state index contributed by atoms with van der Waals surface area (Å²) in [4.78, 5) is 24.8. The number of ether oxygens (including phenoxy) is 2. The first kappa shape index (κ1) is 20.6. The lowest BCUT2D eigenvalue weighted by Crippen LogP contribution is -2.51. The average molecular weight is 422 g/mol. The van der Waals surface area contributed by atoms with Crippen molar-refractivity contribution >= 4 is 5.91 Å². The normalized spacial score (nSPS) is 24.6. The molecule has 2 fully saturated rings. The molecule has 1 aromatic carbocycles. The van der Waals surface area contributed by atoms with Gasteiger partial charge in [0, 0.05) is 37.4 Å². The highest BCUT2D eigenvalue weighted by atomic mass is 16.5. The monoisotopic (exact) mass is 421 g/mol. The lowest BCUT2D eigenvalue weighted by molar-refractivity contribution is -0.153. The number of likely N-dealkylation sites (tertiary alicyclic amines) is 1. The fraction of sp³-hybridized carbons (Fsp3) is 0.560. The van der Waals surface area contributed by atoms with Gasteiger partial charge in [-0.05, 0) is 51.5 Å². The molecule has 3 aliphatic heterocycles. The largest absolute Gasteiger partial charge is 0.376 e. The Balaban J connectivity index is 1.34. The van der Waals surface area contributed by atoms with Gasteiger partial charge in [0.1, 0.15) is 5.60 Å². The van der Waals surface area contributed by atoms with Crippen LogP contribution < -0.4 is 0 Å². The van der Waals surface area contributed by atoms with Crippen molar-refractivity contribution in [3.63, 3.8) is 0 Å². The van der Waals surface area contributed by atoms with Crippen molar-refractivity contribution in [1.82, 2.24) is 14.9 Å². The van der Waals surface area contributed by atoms with E-state index in [-0.39, 0.29) is 17.4 Å². The van der Waals surface area contributed by atoms with E-state index in [1.165, 1.54) is 5.56 Å². The van der Waals surface area contributed by atoms with Crippen LogP contribution in [0.15, 0.2) is 36.5 Å². The first-order chi connectivity index (χ1) is 15.0. The number of amides is 1. The molecule has 1 atom stereocenters. The maximum absolute atomic E-state index is 13.2. The first-order valence-electron chi connectivity index (χ1n) is 11.4. The number of piperidine rings is 1. The second-order valence-corrected chi connectivity index (χ2v) is 9.65. The van der Waals surface area contributed by atoms with E-state index in [1.807, 2.05) is 41.4 Å². The van der Waals surface area contributed by atoms with Gasteiger partial charge < -0.3 is 14.4 Å². The van der Waals surface area contributed by atoms with Gasteiger partial charge in [-0.25, -0.2) is 9.97 Å². The molecule has 5 rings (SSSR count). The van der Waals surface area contributed by atoms with Crippen LogP contribution in [-0.2, 0) is 26.3 Å². The van der Waals surface area contributed by atoms with Gasteiger partial charge >= 0.3 is 0 Å². The first-order valence-corrected chi connectivity index (χ1v) is 11.4. The number of carbonyl (C=O) groups excluding carboxylic acids is 1. The molecule has 6 nitrogen and oxygen atoms in total. The molecule has 2 aromatic rings. The molecule has 0 aliphatic carbocycles. The van der Waals surface area contributed by atoms with Crippen molar-refractivity contribution in [1.29, 1.82) is 0 Å². The maximum Gasteiger partial charge on any atom is 0.225 e. The molecule has 3 aliphatic rings. The van der Waals surface area contributed by atoms with E-state index in [0.717, 1.165) is 49.2 Å². The fourth-order valence-electron chi connectivity index (χ4n) is 5.31. The number of aromatic nitrogens is 2. The summed E-state index contributed by atoms with van der Waals surface area (Å²) in [5.41, 5.74) is 2.59. The Bertz CT molecular complexity index is 952. The van der Waals surface area contributed by atoms with Gasteiger partial charge in [0.15, 0.2) is 5.82 Å².